The Labute approximate surface area is 255 Å². The number of fused-ring (bicyclic) bond motifs is 1. The van der Waals surface area contributed by atoms with Crippen LogP contribution in [0.25, 0.3) is 6.08 Å². The molecule has 1 aliphatic rings. The summed E-state index contributed by atoms with van der Waals surface area (Å²) in [7, 11) is 5.79. The zero-order chi connectivity index (χ0) is 31.5. The maximum atomic E-state index is 14.2. The van der Waals surface area contributed by atoms with Crippen molar-refractivity contribution in [1.82, 2.24) is 4.57 Å². The molecule has 1 aromatic heterocycles. The molecule has 0 bridgehead atoms. The molecular weight excluding hydrogens is 588 g/mol. The third-order valence-corrected chi connectivity index (χ3v) is 8.03. The van der Waals surface area contributed by atoms with Gasteiger partial charge >= 0.3 is 0 Å². The van der Waals surface area contributed by atoms with Gasteiger partial charge in [-0.15, -0.1) is 0 Å². The first-order valence-corrected chi connectivity index (χ1v) is 14.0. The first-order valence-electron chi connectivity index (χ1n) is 13.2. The largest absolute Gasteiger partial charge is 0.497 e. The number of para-hydroxylation sites is 1. The van der Waals surface area contributed by atoms with Gasteiger partial charge in [0, 0.05) is 17.3 Å². The van der Waals surface area contributed by atoms with Crippen LogP contribution in [-0.2, 0) is 4.79 Å². The molecule has 0 unspecified atom stereocenters. The number of carbonyl (C=O) groups is 1. The Balaban J connectivity index is 1.75. The van der Waals surface area contributed by atoms with E-state index in [1.165, 1.54) is 51.2 Å². The summed E-state index contributed by atoms with van der Waals surface area (Å²) in [6.45, 7) is 1.69. The van der Waals surface area contributed by atoms with E-state index in [0.29, 0.717) is 33.2 Å². The first kappa shape index (κ1) is 30.0. The second kappa shape index (κ2) is 12.4. The number of aromatic nitrogens is 1. The summed E-state index contributed by atoms with van der Waals surface area (Å²) in [6, 6.07) is 15.8. The van der Waals surface area contributed by atoms with Crippen molar-refractivity contribution < 1.29 is 28.7 Å². The third kappa shape index (κ3) is 5.52. The van der Waals surface area contributed by atoms with Gasteiger partial charge in [0.1, 0.15) is 17.5 Å². The van der Waals surface area contributed by atoms with Gasteiger partial charge in [-0.2, -0.15) is 0 Å². The molecule has 0 radical (unpaired) electrons. The fourth-order valence-corrected chi connectivity index (χ4v) is 6.01. The number of anilines is 1. The summed E-state index contributed by atoms with van der Waals surface area (Å²) < 4.78 is 23.2. The lowest BCUT2D eigenvalue weighted by Crippen LogP contribution is -2.40. The van der Waals surface area contributed by atoms with Crippen molar-refractivity contribution in [3.63, 3.8) is 0 Å². The van der Waals surface area contributed by atoms with Crippen LogP contribution in [0.15, 0.2) is 81.7 Å². The quantitative estimate of drug-likeness (QED) is 0.221. The lowest BCUT2D eigenvalue weighted by Gasteiger charge is -2.26. The molecule has 1 aliphatic heterocycles. The lowest BCUT2D eigenvalue weighted by atomic mass is 9.94. The Bertz CT molecular complexity index is 1980. The van der Waals surface area contributed by atoms with Crippen LogP contribution >= 0.6 is 11.3 Å². The summed E-state index contributed by atoms with van der Waals surface area (Å²) in [5.41, 5.74) is 1.06. The van der Waals surface area contributed by atoms with Gasteiger partial charge in [-0.3, -0.25) is 24.3 Å². The number of allylic oxidation sites excluding steroid dienone is 1. The van der Waals surface area contributed by atoms with E-state index < -0.39 is 22.4 Å². The number of thiazole rings is 1. The van der Waals surface area contributed by atoms with Crippen LogP contribution in [0.3, 0.4) is 0 Å². The molecule has 44 heavy (non-hydrogen) atoms. The van der Waals surface area contributed by atoms with E-state index >= 15 is 0 Å². The van der Waals surface area contributed by atoms with Gasteiger partial charge in [-0.1, -0.05) is 29.5 Å². The second-order valence-electron chi connectivity index (χ2n) is 9.53. The highest BCUT2D eigenvalue weighted by Gasteiger charge is 2.34. The highest BCUT2D eigenvalue weighted by Crippen LogP contribution is 2.38. The molecule has 0 saturated heterocycles. The van der Waals surface area contributed by atoms with Crippen molar-refractivity contribution in [1.29, 1.82) is 0 Å². The SMILES string of the molecule is COc1ccc([C@@H]2C(C(=O)Nc3ccccc3)=C(C)N=c3s/c(=C\c4cc(OC)c(OC)cc4[N+](=O)[O-])c(=O)n32)c(OC)c1. The van der Waals surface area contributed by atoms with Crippen molar-refractivity contribution in [2.45, 2.75) is 13.0 Å². The molecule has 13 heteroatoms. The number of nitro groups is 1. The highest BCUT2D eigenvalue weighted by molar-refractivity contribution is 7.07. The van der Waals surface area contributed by atoms with Gasteiger partial charge < -0.3 is 24.3 Å². The molecular formula is C31H28N4O8S. The van der Waals surface area contributed by atoms with Crippen molar-refractivity contribution in [2.24, 2.45) is 4.99 Å². The van der Waals surface area contributed by atoms with Crippen LogP contribution in [0.4, 0.5) is 11.4 Å². The number of hydrogen-bond donors (Lipinski definition) is 1. The number of nitrogens with one attached hydrogen (secondary N) is 1. The minimum atomic E-state index is -0.946. The van der Waals surface area contributed by atoms with Gasteiger partial charge in [-0.05, 0) is 43.3 Å². The van der Waals surface area contributed by atoms with Crippen LogP contribution in [0.1, 0.15) is 24.1 Å². The van der Waals surface area contributed by atoms with E-state index in [1.54, 1.807) is 49.4 Å². The number of benzene rings is 3. The van der Waals surface area contributed by atoms with E-state index in [-0.39, 0.29) is 32.9 Å². The van der Waals surface area contributed by atoms with Crippen LogP contribution in [0.5, 0.6) is 23.0 Å². The average molecular weight is 617 g/mol. The number of rotatable bonds is 9. The summed E-state index contributed by atoms with van der Waals surface area (Å²) in [4.78, 5) is 44.3. The number of nitro benzene ring substituents is 1. The minimum absolute atomic E-state index is 0.134. The standard InChI is InChI=1S/C31H28N4O8S/c1-17-27(29(36)33-19-9-7-6-8-10-19)28(21-12-11-20(40-2)15-23(21)41-3)34-30(37)26(44-31(34)32-17)14-18-13-24(42-4)25(43-5)16-22(18)35(38)39/h6-16,28H,1-5H3,(H,33,36)/b26-14-/t28-/m1/s1. The first-order chi connectivity index (χ1) is 21.2. The maximum absolute atomic E-state index is 14.2. The fraction of sp³-hybridized carbons (Fsp3) is 0.194. The molecule has 4 aromatic rings. The van der Waals surface area contributed by atoms with Crippen molar-refractivity contribution in [2.75, 3.05) is 33.8 Å². The molecule has 2 heterocycles. The predicted octanol–water partition coefficient (Wildman–Crippen LogP) is 3.82. The van der Waals surface area contributed by atoms with E-state index in [4.69, 9.17) is 18.9 Å². The Morgan fingerprint density at radius 1 is 0.977 bits per heavy atom. The van der Waals surface area contributed by atoms with Crippen LogP contribution < -0.4 is 39.2 Å². The summed E-state index contributed by atoms with van der Waals surface area (Å²) >= 11 is 1.04. The molecule has 0 aliphatic carbocycles. The van der Waals surface area contributed by atoms with Crippen molar-refractivity contribution in [3.05, 3.63) is 113 Å². The maximum Gasteiger partial charge on any atom is 0.280 e. The monoisotopic (exact) mass is 616 g/mol. The van der Waals surface area contributed by atoms with E-state index in [9.17, 15) is 19.7 Å². The predicted molar refractivity (Wildman–Crippen MR) is 165 cm³/mol. The van der Waals surface area contributed by atoms with Crippen LogP contribution in [-0.4, -0.2) is 43.8 Å². The van der Waals surface area contributed by atoms with E-state index in [2.05, 4.69) is 10.3 Å². The van der Waals surface area contributed by atoms with Gasteiger partial charge in [-0.25, -0.2) is 4.99 Å². The van der Waals surface area contributed by atoms with Gasteiger partial charge in [0.05, 0.1) is 60.8 Å². The molecule has 1 amide bonds. The fourth-order valence-electron chi connectivity index (χ4n) is 4.97. The van der Waals surface area contributed by atoms with Crippen molar-refractivity contribution >= 4 is 34.7 Å². The summed E-state index contributed by atoms with van der Waals surface area (Å²) in [6.07, 6.45) is 1.41. The molecule has 1 N–H and O–H groups in total. The Hall–Kier alpha value is -5.43. The third-order valence-electron chi connectivity index (χ3n) is 7.05. The topological polar surface area (TPSA) is 144 Å². The number of nitrogens with zero attached hydrogens (tertiary/aromatic N) is 3. The Morgan fingerprint density at radius 2 is 1.66 bits per heavy atom. The molecule has 12 nitrogen and oxygen atoms in total. The van der Waals surface area contributed by atoms with Gasteiger partial charge in [0.25, 0.3) is 17.2 Å². The minimum Gasteiger partial charge on any atom is -0.497 e. The molecule has 226 valence electrons. The van der Waals surface area contributed by atoms with Gasteiger partial charge in [0.15, 0.2) is 16.3 Å². The molecule has 3 aromatic carbocycles. The zero-order valence-corrected chi connectivity index (χ0v) is 25.3. The van der Waals surface area contributed by atoms with Crippen LogP contribution in [0, 0.1) is 10.1 Å². The van der Waals surface area contributed by atoms with Crippen molar-refractivity contribution in [3.8, 4) is 23.0 Å². The van der Waals surface area contributed by atoms with Gasteiger partial charge in [0.2, 0.25) is 0 Å². The number of hydrogen-bond acceptors (Lipinski definition) is 10. The summed E-state index contributed by atoms with van der Waals surface area (Å²) in [5.74, 6) is 0.891. The smallest absolute Gasteiger partial charge is 0.280 e. The zero-order valence-electron chi connectivity index (χ0n) is 24.4. The van der Waals surface area contributed by atoms with E-state index in [0.717, 1.165) is 11.3 Å². The second-order valence-corrected chi connectivity index (χ2v) is 10.5. The Morgan fingerprint density at radius 3 is 2.30 bits per heavy atom. The number of amides is 1. The molecule has 1 atom stereocenters. The summed E-state index contributed by atoms with van der Waals surface area (Å²) in [5, 5.41) is 14.8. The van der Waals surface area contributed by atoms with Crippen LogP contribution in [0.2, 0.25) is 0 Å². The molecule has 0 spiro atoms. The lowest BCUT2D eigenvalue weighted by molar-refractivity contribution is -0.385. The Kier molecular flexibility index (Phi) is 8.49. The molecule has 0 fully saturated rings. The highest BCUT2D eigenvalue weighted by atomic mass is 32.1. The number of methoxy groups -OCH3 is 4. The normalized spacial score (nSPS) is 14.4. The molecule has 5 rings (SSSR count). The number of carbonyl (C=O) groups excluding carboxylic acids is 1. The molecule has 0 saturated carbocycles. The van der Waals surface area contributed by atoms with E-state index in [1.807, 2.05) is 6.07 Å². The average Bonchev–Trinajstić information content (AvgIpc) is 3.33. The number of ether oxygens (including phenoxy) is 4.